The lowest BCUT2D eigenvalue weighted by atomic mass is 9.84. The fourth-order valence-electron chi connectivity index (χ4n) is 5.74. The Morgan fingerprint density at radius 2 is 1.65 bits per heavy atom. The highest BCUT2D eigenvalue weighted by atomic mass is 19.2. The molecule has 2 saturated heterocycles. The lowest BCUT2D eigenvalue weighted by Crippen LogP contribution is -2.50. The Hall–Kier alpha value is -3.04. The van der Waals surface area contributed by atoms with Crippen LogP contribution in [-0.4, -0.2) is 66.4 Å². The van der Waals surface area contributed by atoms with E-state index < -0.39 is 17.5 Å². The van der Waals surface area contributed by atoms with Crippen LogP contribution in [-0.2, 0) is 4.79 Å². The molecule has 37 heavy (non-hydrogen) atoms. The first kappa shape index (κ1) is 25.6. The average molecular weight is 517 g/mol. The van der Waals surface area contributed by atoms with E-state index in [1.54, 1.807) is 4.90 Å². The largest absolute Gasteiger partial charge is 0.454 e. The molecular weight excluding hydrogens is 485 g/mol. The Morgan fingerprint density at radius 1 is 0.973 bits per heavy atom. The smallest absolute Gasteiger partial charge is 0.246 e. The van der Waals surface area contributed by atoms with Gasteiger partial charge in [-0.05, 0) is 92.1 Å². The van der Waals surface area contributed by atoms with Gasteiger partial charge in [0.05, 0.1) is 6.61 Å². The summed E-state index contributed by atoms with van der Waals surface area (Å²) >= 11 is 0. The Morgan fingerprint density at radius 3 is 2.32 bits per heavy atom. The van der Waals surface area contributed by atoms with Gasteiger partial charge in [-0.2, -0.15) is 0 Å². The van der Waals surface area contributed by atoms with Crippen molar-refractivity contribution >= 4 is 12.0 Å². The summed E-state index contributed by atoms with van der Waals surface area (Å²) in [6, 6.07) is 7.93. The van der Waals surface area contributed by atoms with E-state index in [2.05, 4.69) is 17.0 Å². The highest BCUT2D eigenvalue weighted by Gasteiger charge is 2.33. The van der Waals surface area contributed by atoms with Gasteiger partial charge in [0, 0.05) is 25.2 Å². The maximum atomic E-state index is 13.4. The molecule has 1 amide bonds. The average Bonchev–Trinajstić information content (AvgIpc) is 3.39. The lowest BCUT2D eigenvalue weighted by Gasteiger charge is -2.43. The molecule has 198 valence electrons. The van der Waals surface area contributed by atoms with Gasteiger partial charge in [-0.3, -0.25) is 9.69 Å². The number of carbonyl (C=O) groups is 1. The molecule has 0 radical (unpaired) electrons. The Bertz CT molecular complexity index is 1140. The minimum atomic E-state index is -1.53. The number of ether oxygens (including phenoxy) is 2. The van der Waals surface area contributed by atoms with Gasteiger partial charge in [0.2, 0.25) is 12.7 Å². The number of benzene rings is 2. The SMILES string of the molecule is O=C(/C=C/c1cc(F)c(F)c(F)c1)N1CCC(C(CO)N2CCC(c3ccc4c(c3)OCO4)CC2)CC1. The van der Waals surface area contributed by atoms with Crippen LogP contribution >= 0.6 is 0 Å². The molecule has 6 nitrogen and oxygen atoms in total. The van der Waals surface area contributed by atoms with E-state index in [-0.39, 0.29) is 36.8 Å². The van der Waals surface area contributed by atoms with E-state index in [4.69, 9.17) is 9.47 Å². The van der Waals surface area contributed by atoms with Crippen molar-refractivity contribution in [1.29, 1.82) is 0 Å². The van der Waals surface area contributed by atoms with Crippen LogP contribution in [0.4, 0.5) is 13.2 Å². The van der Waals surface area contributed by atoms with Gasteiger partial charge in [-0.1, -0.05) is 6.07 Å². The van der Waals surface area contributed by atoms with Gasteiger partial charge >= 0.3 is 0 Å². The number of nitrogens with zero attached hydrogens (tertiary/aromatic N) is 2. The number of halogens is 3. The predicted octanol–water partition coefficient (Wildman–Crippen LogP) is 4.32. The van der Waals surface area contributed by atoms with Crippen molar-refractivity contribution in [2.75, 3.05) is 39.6 Å². The number of fused-ring (bicyclic) bond motifs is 1. The topological polar surface area (TPSA) is 62.2 Å². The lowest BCUT2D eigenvalue weighted by molar-refractivity contribution is -0.127. The molecule has 0 aromatic heterocycles. The van der Waals surface area contributed by atoms with Gasteiger partial charge in [-0.25, -0.2) is 13.2 Å². The Kier molecular flexibility index (Phi) is 7.71. The van der Waals surface area contributed by atoms with E-state index >= 15 is 0 Å². The number of rotatable bonds is 6. The molecule has 0 aliphatic carbocycles. The standard InChI is InChI=1S/C28H31F3N2O4/c29-22-13-18(14-23(30)28(22)31)1-4-27(35)33-11-7-20(8-12-33)24(16-34)32-9-5-19(6-10-32)21-2-3-25-26(15-21)37-17-36-25/h1-4,13-15,19-20,24,34H,5-12,16-17H2/b4-1+. The molecule has 3 aliphatic rings. The van der Waals surface area contributed by atoms with Crippen molar-refractivity contribution < 1.29 is 32.5 Å². The van der Waals surface area contributed by atoms with Crippen LogP contribution in [0.15, 0.2) is 36.4 Å². The van der Waals surface area contributed by atoms with Gasteiger partial charge < -0.3 is 19.5 Å². The monoisotopic (exact) mass is 516 g/mol. The zero-order valence-electron chi connectivity index (χ0n) is 20.5. The van der Waals surface area contributed by atoms with Crippen molar-refractivity contribution in [1.82, 2.24) is 9.80 Å². The van der Waals surface area contributed by atoms with Crippen molar-refractivity contribution in [2.45, 2.75) is 37.6 Å². The molecule has 2 aromatic carbocycles. The minimum absolute atomic E-state index is 0.0515. The van der Waals surface area contributed by atoms with E-state index in [9.17, 15) is 23.1 Å². The quantitative estimate of drug-likeness (QED) is 0.458. The van der Waals surface area contributed by atoms with Crippen LogP contribution in [0.5, 0.6) is 11.5 Å². The summed E-state index contributed by atoms with van der Waals surface area (Å²) in [5.41, 5.74) is 1.35. The highest BCUT2D eigenvalue weighted by Crippen LogP contribution is 2.38. The van der Waals surface area contributed by atoms with Crippen molar-refractivity contribution in [3.8, 4) is 11.5 Å². The minimum Gasteiger partial charge on any atom is -0.454 e. The molecule has 3 aliphatic heterocycles. The second kappa shape index (κ2) is 11.1. The molecule has 1 N–H and O–H groups in total. The van der Waals surface area contributed by atoms with Crippen LogP contribution in [0, 0.1) is 23.4 Å². The second-order valence-electron chi connectivity index (χ2n) is 9.97. The number of aliphatic hydroxyl groups is 1. The Balaban J connectivity index is 1.12. The van der Waals surface area contributed by atoms with E-state index in [1.807, 2.05) is 6.07 Å². The molecule has 2 fully saturated rings. The van der Waals surface area contributed by atoms with Crippen molar-refractivity contribution in [2.24, 2.45) is 5.92 Å². The summed E-state index contributed by atoms with van der Waals surface area (Å²) in [7, 11) is 0. The molecular formula is C28H31F3N2O4. The van der Waals surface area contributed by atoms with Crippen LogP contribution in [0.1, 0.15) is 42.7 Å². The van der Waals surface area contributed by atoms with E-state index in [0.29, 0.717) is 19.0 Å². The number of likely N-dealkylation sites (tertiary alicyclic amines) is 2. The molecule has 1 unspecified atom stereocenters. The number of piperidine rings is 2. The first-order valence-corrected chi connectivity index (χ1v) is 12.8. The third-order valence-corrected chi connectivity index (χ3v) is 7.87. The zero-order valence-corrected chi connectivity index (χ0v) is 20.5. The summed E-state index contributed by atoms with van der Waals surface area (Å²) in [5, 5.41) is 10.2. The molecule has 0 bridgehead atoms. The van der Waals surface area contributed by atoms with Crippen LogP contribution < -0.4 is 9.47 Å². The normalized spacial score (nSPS) is 20.1. The number of amides is 1. The van der Waals surface area contributed by atoms with Gasteiger partial charge in [0.25, 0.3) is 0 Å². The van der Waals surface area contributed by atoms with Crippen molar-refractivity contribution in [3.05, 3.63) is 65.0 Å². The maximum absolute atomic E-state index is 13.4. The first-order valence-electron chi connectivity index (χ1n) is 12.8. The molecule has 2 aromatic rings. The second-order valence-corrected chi connectivity index (χ2v) is 9.97. The molecule has 0 spiro atoms. The molecule has 3 heterocycles. The predicted molar refractivity (Wildman–Crippen MR) is 132 cm³/mol. The summed E-state index contributed by atoms with van der Waals surface area (Å²) < 4.78 is 50.9. The van der Waals surface area contributed by atoms with E-state index in [0.717, 1.165) is 62.4 Å². The Labute approximate surface area is 214 Å². The maximum Gasteiger partial charge on any atom is 0.246 e. The summed E-state index contributed by atoms with van der Waals surface area (Å²) in [4.78, 5) is 16.7. The van der Waals surface area contributed by atoms with Crippen molar-refractivity contribution in [3.63, 3.8) is 0 Å². The highest BCUT2D eigenvalue weighted by molar-refractivity contribution is 5.91. The molecule has 1 atom stereocenters. The van der Waals surface area contributed by atoms with Gasteiger partial charge in [0.15, 0.2) is 29.0 Å². The fourth-order valence-corrected chi connectivity index (χ4v) is 5.74. The molecule has 5 rings (SSSR count). The zero-order chi connectivity index (χ0) is 25.9. The summed E-state index contributed by atoms with van der Waals surface area (Å²) in [6.45, 7) is 3.24. The summed E-state index contributed by atoms with van der Waals surface area (Å²) in [6.07, 6.45) is 6.10. The van der Waals surface area contributed by atoms with Crippen LogP contribution in [0.2, 0.25) is 0 Å². The fraction of sp³-hybridized carbons (Fsp3) is 0.464. The van der Waals surface area contributed by atoms with E-state index in [1.165, 1.54) is 17.7 Å². The number of hydrogen-bond donors (Lipinski definition) is 1. The third kappa shape index (κ3) is 5.62. The number of carbonyl (C=O) groups excluding carboxylic acids is 1. The van der Waals surface area contributed by atoms with Gasteiger partial charge in [0.1, 0.15) is 0 Å². The number of aliphatic hydroxyl groups excluding tert-OH is 1. The van der Waals surface area contributed by atoms with Crippen LogP contribution in [0.25, 0.3) is 6.08 Å². The van der Waals surface area contributed by atoms with Gasteiger partial charge in [-0.15, -0.1) is 0 Å². The third-order valence-electron chi connectivity index (χ3n) is 7.87. The molecule has 0 saturated carbocycles. The number of hydrogen-bond acceptors (Lipinski definition) is 5. The summed E-state index contributed by atoms with van der Waals surface area (Å²) in [5.74, 6) is -2.04. The first-order chi connectivity index (χ1) is 17.9. The van der Waals surface area contributed by atoms with Crippen LogP contribution in [0.3, 0.4) is 0 Å². The molecule has 9 heteroatoms.